The molecule has 2 fully saturated rings. The molecule has 0 aliphatic carbocycles. The van der Waals surface area contributed by atoms with Crippen LogP contribution in [0.2, 0.25) is 0 Å². The topological polar surface area (TPSA) is 38.8 Å². The minimum Gasteiger partial charge on any atom is -0.492 e. The average Bonchev–Trinajstić information content (AvgIpc) is 3.09. The summed E-state index contributed by atoms with van der Waals surface area (Å²) in [5.41, 5.74) is 2.04. The fourth-order valence-electron chi connectivity index (χ4n) is 4.23. The standard InChI is InChI=1S/C19H25NO3/c1-18(2)12-23-16-14(5-3-6-15(16)18)17(21)20-9-8-19(11-20)7-4-10-22-13-19/h3,5-6H,4,7-13H2,1-2H3. The van der Waals surface area contributed by atoms with Crippen LogP contribution in [-0.2, 0) is 10.2 Å². The molecule has 3 heterocycles. The van der Waals surface area contributed by atoms with Crippen molar-refractivity contribution < 1.29 is 14.3 Å². The third kappa shape index (κ3) is 2.44. The van der Waals surface area contributed by atoms with Gasteiger partial charge in [-0.3, -0.25) is 4.79 Å². The highest BCUT2D eigenvalue weighted by molar-refractivity contribution is 5.98. The summed E-state index contributed by atoms with van der Waals surface area (Å²) in [6.45, 7) is 8.28. The Morgan fingerprint density at radius 3 is 2.87 bits per heavy atom. The highest BCUT2D eigenvalue weighted by Gasteiger charge is 2.43. The van der Waals surface area contributed by atoms with Crippen LogP contribution >= 0.6 is 0 Å². The molecule has 124 valence electrons. The number of hydrogen-bond donors (Lipinski definition) is 0. The molecule has 4 rings (SSSR count). The molecule has 0 saturated carbocycles. The first-order chi connectivity index (χ1) is 11.0. The predicted octanol–water partition coefficient (Wildman–Crippen LogP) is 3.00. The third-order valence-corrected chi connectivity index (χ3v) is 5.68. The zero-order valence-corrected chi connectivity index (χ0v) is 14.1. The van der Waals surface area contributed by atoms with Gasteiger partial charge in [0.25, 0.3) is 5.91 Å². The predicted molar refractivity (Wildman–Crippen MR) is 88.0 cm³/mol. The number of carbonyl (C=O) groups is 1. The van der Waals surface area contributed by atoms with E-state index in [4.69, 9.17) is 9.47 Å². The Hall–Kier alpha value is -1.55. The van der Waals surface area contributed by atoms with E-state index in [0.717, 1.165) is 56.0 Å². The highest BCUT2D eigenvalue weighted by atomic mass is 16.5. The summed E-state index contributed by atoms with van der Waals surface area (Å²) in [7, 11) is 0. The molecule has 1 atom stereocenters. The number of ether oxygens (including phenoxy) is 2. The minimum absolute atomic E-state index is 0.0188. The Labute approximate surface area is 137 Å². The van der Waals surface area contributed by atoms with Crippen molar-refractivity contribution in [2.45, 2.75) is 38.5 Å². The molecule has 4 nitrogen and oxygen atoms in total. The van der Waals surface area contributed by atoms with Crippen molar-refractivity contribution in [3.63, 3.8) is 0 Å². The summed E-state index contributed by atoms with van der Waals surface area (Å²) in [5, 5.41) is 0. The van der Waals surface area contributed by atoms with Gasteiger partial charge in [0.2, 0.25) is 0 Å². The van der Waals surface area contributed by atoms with Crippen molar-refractivity contribution in [3.05, 3.63) is 29.3 Å². The maximum atomic E-state index is 13.0. The van der Waals surface area contributed by atoms with E-state index in [-0.39, 0.29) is 16.7 Å². The number of hydrogen-bond acceptors (Lipinski definition) is 3. The zero-order chi connectivity index (χ0) is 16.1. The summed E-state index contributed by atoms with van der Waals surface area (Å²) >= 11 is 0. The summed E-state index contributed by atoms with van der Waals surface area (Å²) in [5.74, 6) is 0.908. The van der Waals surface area contributed by atoms with Gasteiger partial charge in [-0.25, -0.2) is 0 Å². The quantitative estimate of drug-likeness (QED) is 0.800. The van der Waals surface area contributed by atoms with Gasteiger partial charge in [0.15, 0.2) is 0 Å². The molecular formula is C19H25NO3. The molecular weight excluding hydrogens is 290 g/mol. The van der Waals surface area contributed by atoms with E-state index in [9.17, 15) is 4.79 Å². The Bertz CT molecular complexity index is 632. The SMILES string of the molecule is CC1(C)COc2c(C(=O)N3CCC4(CCCOC4)C3)cccc21. The van der Waals surface area contributed by atoms with Crippen LogP contribution in [0, 0.1) is 5.41 Å². The molecule has 0 bridgehead atoms. The number of para-hydroxylation sites is 1. The van der Waals surface area contributed by atoms with Crippen molar-refractivity contribution in [2.24, 2.45) is 5.41 Å². The Morgan fingerprint density at radius 2 is 2.09 bits per heavy atom. The lowest BCUT2D eigenvalue weighted by atomic mass is 9.82. The van der Waals surface area contributed by atoms with E-state index in [1.165, 1.54) is 6.42 Å². The van der Waals surface area contributed by atoms with E-state index in [2.05, 4.69) is 19.9 Å². The molecule has 1 aromatic rings. The molecule has 1 amide bonds. The molecule has 3 aliphatic heterocycles. The summed E-state index contributed by atoms with van der Waals surface area (Å²) in [6, 6.07) is 5.97. The number of rotatable bonds is 1. The largest absolute Gasteiger partial charge is 0.492 e. The number of benzene rings is 1. The number of fused-ring (bicyclic) bond motifs is 1. The summed E-state index contributed by atoms with van der Waals surface area (Å²) < 4.78 is 11.6. The Kier molecular flexibility index (Phi) is 3.41. The molecule has 3 aliphatic rings. The fraction of sp³-hybridized carbons (Fsp3) is 0.632. The molecule has 1 unspecified atom stereocenters. The van der Waals surface area contributed by atoms with Crippen molar-refractivity contribution in [3.8, 4) is 5.75 Å². The molecule has 1 aromatic carbocycles. The first-order valence-corrected chi connectivity index (χ1v) is 8.64. The second kappa shape index (κ2) is 5.23. The molecule has 2 saturated heterocycles. The number of nitrogens with zero attached hydrogens (tertiary/aromatic N) is 1. The first-order valence-electron chi connectivity index (χ1n) is 8.64. The van der Waals surface area contributed by atoms with Gasteiger partial charge in [-0.1, -0.05) is 26.0 Å². The second-order valence-electron chi connectivity index (χ2n) is 7.99. The molecule has 23 heavy (non-hydrogen) atoms. The third-order valence-electron chi connectivity index (χ3n) is 5.68. The van der Waals surface area contributed by atoms with E-state index in [1.807, 2.05) is 17.0 Å². The van der Waals surface area contributed by atoms with Gasteiger partial charge in [0, 0.05) is 36.1 Å². The summed E-state index contributed by atoms with van der Waals surface area (Å²) in [6.07, 6.45) is 3.34. The number of likely N-dealkylation sites (tertiary alicyclic amines) is 1. The van der Waals surface area contributed by atoms with Crippen LogP contribution in [0.4, 0.5) is 0 Å². The van der Waals surface area contributed by atoms with E-state index in [0.29, 0.717) is 6.61 Å². The maximum Gasteiger partial charge on any atom is 0.257 e. The van der Waals surface area contributed by atoms with Crippen molar-refractivity contribution in [2.75, 3.05) is 32.9 Å². The van der Waals surface area contributed by atoms with Gasteiger partial charge < -0.3 is 14.4 Å². The lowest BCUT2D eigenvalue weighted by molar-refractivity contribution is -0.00161. The summed E-state index contributed by atoms with van der Waals surface area (Å²) in [4.78, 5) is 15.0. The normalized spacial score (nSPS) is 28.7. The Balaban J connectivity index is 1.58. The lowest BCUT2D eigenvalue weighted by Crippen LogP contribution is -2.37. The first kappa shape index (κ1) is 15.0. The molecule has 1 spiro atoms. The van der Waals surface area contributed by atoms with Crippen molar-refractivity contribution >= 4 is 5.91 Å². The van der Waals surface area contributed by atoms with E-state index in [1.54, 1.807) is 0 Å². The van der Waals surface area contributed by atoms with Crippen molar-refractivity contribution in [1.82, 2.24) is 4.90 Å². The minimum atomic E-state index is -0.0188. The monoisotopic (exact) mass is 315 g/mol. The second-order valence-corrected chi connectivity index (χ2v) is 7.99. The van der Waals surface area contributed by atoms with Gasteiger partial charge >= 0.3 is 0 Å². The molecule has 0 aromatic heterocycles. The fourth-order valence-corrected chi connectivity index (χ4v) is 4.23. The molecule has 4 heteroatoms. The van der Waals surface area contributed by atoms with E-state index < -0.39 is 0 Å². The molecule has 0 radical (unpaired) electrons. The van der Waals surface area contributed by atoms with Gasteiger partial charge in [-0.15, -0.1) is 0 Å². The van der Waals surface area contributed by atoms with E-state index >= 15 is 0 Å². The average molecular weight is 315 g/mol. The Morgan fingerprint density at radius 1 is 1.22 bits per heavy atom. The number of carbonyl (C=O) groups excluding carboxylic acids is 1. The van der Waals surface area contributed by atoms with Crippen LogP contribution in [0.25, 0.3) is 0 Å². The smallest absolute Gasteiger partial charge is 0.257 e. The lowest BCUT2D eigenvalue weighted by Gasteiger charge is -2.33. The maximum absolute atomic E-state index is 13.0. The van der Waals surface area contributed by atoms with Crippen LogP contribution in [0.5, 0.6) is 5.75 Å². The molecule has 0 N–H and O–H groups in total. The van der Waals surface area contributed by atoms with Crippen LogP contribution in [0.3, 0.4) is 0 Å². The van der Waals surface area contributed by atoms with Crippen LogP contribution in [-0.4, -0.2) is 43.7 Å². The highest BCUT2D eigenvalue weighted by Crippen LogP contribution is 2.43. The van der Waals surface area contributed by atoms with Crippen molar-refractivity contribution in [1.29, 1.82) is 0 Å². The van der Waals surface area contributed by atoms with Gasteiger partial charge in [0.05, 0.1) is 18.8 Å². The van der Waals surface area contributed by atoms with Gasteiger partial charge in [-0.05, 0) is 25.3 Å². The number of amides is 1. The van der Waals surface area contributed by atoms with Gasteiger partial charge in [-0.2, -0.15) is 0 Å². The zero-order valence-electron chi connectivity index (χ0n) is 14.1. The van der Waals surface area contributed by atoms with Crippen LogP contribution in [0.1, 0.15) is 49.0 Å². The van der Waals surface area contributed by atoms with Crippen LogP contribution in [0.15, 0.2) is 18.2 Å². The van der Waals surface area contributed by atoms with Crippen LogP contribution < -0.4 is 4.74 Å². The van der Waals surface area contributed by atoms with Gasteiger partial charge in [0.1, 0.15) is 5.75 Å².